The SMILES string of the molecule is CC(=O)Nc1ccc(C(=O)NCCOc2ccc(Cl)cc2)cc1. The normalized spacial score (nSPS) is 10.0. The second kappa shape index (κ2) is 8.19. The molecule has 0 aliphatic heterocycles. The van der Waals surface area contributed by atoms with Crippen molar-refractivity contribution in [2.75, 3.05) is 18.5 Å². The Hall–Kier alpha value is -2.53. The Morgan fingerprint density at radius 3 is 2.30 bits per heavy atom. The van der Waals surface area contributed by atoms with E-state index in [1.807, 2.05) is 0 Å². The van der Waals surface area contributed by atoms with Gasteiger partial charge in [0.25, 0.3) is 5.91 Å². The van der Waals surface area contributed by atoms with Crippen LogP contribution in [0.15, 0.2) is 48.5 Å². The van der Waals surface area contributed by atoms with Crippen molar-refractivity contribution in [3.8, 4) is 5.75 Å². The van der Waals surface area contributed by atoms with Crippen molar-refractivity contribution in [3.05, 3.63) is 59.1 Å². The van der Waals surface area contributed by atoms with E-state index < -0.39 is 0 Å². The number of benzene rings is 2. The van der Waals surface area contributed by atoms with Crippen molar-refractivity contribution in [2.24, 2.45) is 0 Å². The molecule has 0 aliphatic rings. The number of nitrogens with one attached hydrogen (secondary N) is 2. The summed E-state index contributed by atoms with van der Waals surface area (Å²) in [6.07, 6.45) is 0. The highest BCUT2D eigenvalue weighted by Gasteiger charge is 2.05. The van der Waals surface area contributed by atoms with Gasteiger partial charge in [0.2, 0.25) is 5.91 Å². The van der Waals surface area contributed by atoms with Crippen LogP contribution in [-0.4, -0.2) is 25.0 Å². The predicted octanol–water partition coefficient (Wildman–Crippen LogP) is 3.11. The third-order valence-electron chi connectivity index (χ3n) is 2.94. The molecule has 5 nitrogen and oxygen atoms in total. The number of carbonyl (C=O) groups is 2. The minimum Gasteiger partial charge on any atom is -0.492 e. The number of hydrogen-bond acceptors (Lipinski definition) is 3. The van der Waals surface area contributed by atoms with E-state index in [0.717, 1.165) is 0 Å². The predicted molar refractivity (Wildman–Crippen MR) is 90.0 cm³/mol. The number of carbonyl (C=O) groups excluding carboxylic acids is 2. The minimum absolute atomic E-state index is 0.151. The number of hydrogen-bond donors (Lipinski definition) is 2. The molecule has 2 aromatic rings. The molecule has 2 amide bonds. The Kier molecular flexibility index (Phi) is 6.00. The summed E-state index contributed by atoms with van der Waals surface area (Å²) in [5.41, 5.74) is 1.17. The first-order valence-corrected chi connectivity index (χ1v) is 7.46. The van der Waals surface area contributed by atoms with Crippen LogP contribution in [0, 0.1) is 0 Å². The van der Waals surface area contributed by atoms with Crippen LogP contribution >= 0.6 is 11.6 Å². The number of halogens is 1. The fourth-order valence-electron chi connectivity index (χ4n) is 1.87. The topological polar surface area (TPSA) is 67.4 Å². The molecule has 0 aliphatic carbocycles. The second-order valence-electron chi connectivity index (χ2n) is 4.82. The molecule has 0 bridgehead atoms. The Morgan fingerprint density at radius 1 is 1.04 bits per heavy atom. The maximum atomic E-state index is 12.0. The first-order chi connectivity index (χ1) is 11.0. The van der Waals surface area contributed by atoms with Gasteiger partial charge in [-0.1, -0.05) is 11.6 Å². The van der Waals surface area contributed by atoms with Gasteiger partial charge >= 0.3 is 0 Å². The zero-order valence-electron chi connectivity index (χ0n) is 12.6. The Labute approximate surface area is 139 Å². The molecule has 0 fully saturated rings. The number of anilines is 1. The second-order valence-corrected chi connectivity index (χ2v) is 5.25. The van der Waals surface area contributed by atoms with E-state index in [2.05, 4.69) is 10.6 Å². The van der Waals surface area contributed by atoms with Crippen LogP contribution in [0.4, 0.5) is 5.69 Å². The first-order valence-electron chi connectivity index (χ1n) is 7.09. The van der Waals surface area contributed by atoms with Crippen LogP contribution in [0.3, 0.4) is 0 Å². The van der Waals surface area contributed by atoms with Gasteiger partial charge < -0.3 is 15.4 Å². The smallest absolute Gasteiger partial charge is 0.251 e. The van der Waals surface area contributed by atoms with Gasteiger partial charge in [-0.05, 0) is 48.5 Å². The van der Waals surface area contributed by atoms with Gasteiger partial charge in [-0.25, -0.2) is 0 Å². The van der Waals surface area contributed by atoms with E-state index in [1.165, 1.54) is 6.92 Å². The quantitative estimate of drug-likeness (QED) is 0.799. The lowest BCUT2D eigenvalue weighted by Crippen LogP contribution is -2.28. The molecule has 0 radical (unpaired) electrons. The largest absolute Gasteiger partial charge is 0.492 e. The maximum Gasteiger partial charge on any atom is 0.251 e. The number of rotatable bonds is 6. The molecule has 0 heterocycles. The molecule has 2 aromatic carbocycles. The summed E-state index contributed by atoms with van der Waals surface area (Å²) in [7, 11) is 0. The maximum absolute atomic E-state index is 12.0. The molecular formula is C17H17ClN2O3. The zero-order chi connectivity index (χ0) is 16.7. The highest BCUT2D eigenvalue weighted by atomic mass is 35.5. The molecule has 2 rings (SSSR count). The highest BCUT2D eigenvalue weighted by molar-refractivity contribution is 6.30. The zero-order valence-corrected chi connectivity index (χ0v) is 13.4. The third kappa shape index (κ3) is 5.64. The summed E-state index contributed by atoms with van der Waals surface area (Å²) in [6.45, 7) is 2.17. The average Bonchev–Trinajstić information content (AvgIpc) is 2.53. The summed E-state index contributed by atoms with van der Waals surface area (Å²) < 4.78 is 5.49. The van der Waals surface area contributed by atoms with Crippen molar-refractivity contribution in [2.45, 2.75) is 6.92 Å². The molecule has 2 N–H and O–H groups in total. The van der Waals surface area contributed by atoms with Crippen LogP contribution < -0.4 is 15.4 Å². The van der Waals surface area contributed by atoms with Crippen molar-refractivity contribution in [3.63, 3.8) is 0 Å². The van der Waals surface area contributed by atoms with E-state index in [-0.39, 0.29) is 11.8 Å². The Balaban J connectivity index is 1.76. The summed E-state index contributed by atoms with van der Waals surface area (Å²) in [4.78, 5) is 22.9. The standard InChI is InChI=1S/C17H17ClN2O3/c1-12(21)20-15-6-2-13(3-7-15)17(22)19-10-11-23-16-8-4-14(18)5-9-16/h2-9H,10-11H2,1H3,(H,19,22)(H,20,21). The van der Waals surface area contributed by atoms with E-state index in [1.54, 1.807) is 48.5 Å². The highest BCUT2D eigenvalue weighted by Crippen LogP contribution is 2.15. The Morgan fingerprint density at radius 2 is 1.70 bits per heavy atom. The van der Waals surface area contributed by atoms with Gasteiger partial charge in [-0.2, -0.15) is 0 Å². The van der Waals surface area contributed by atoms with Crippen LogP contribution in [0.5, 0.6) is 5.75 Å². The molecule has 0 saturated carbocycles. The molecular weight excluding hydrogens is 316 g/mol. The molecule has 0 atom stereocenters. The van der Waals surface area contributed by atoms with E-state index in [0.29, 0.717) is 35.2 Å². The number of ether oxygens (including phenoxy) is 1. The van der Waals surface area contributed by atoms with E-state index in [9.17, 15) is 9.59 Å². The lowest BCUT2D eigenvalue weighted by atomic mass is 10.2. The molecule has 0 saturated heterocycles. The fourth-order valence-corrected chi connectivity index (χ4v) is 2.00. The molecule has 23 heavy (non-hydrogen) atoms. The first kappa shape index (κ1) is 16.8. The van der Waals surface area contributed by atoms with Gasteiger partial charge in [-0.15, -0.1) is 0 Å². The van der Waals surface area contributed by atoms with Crippen LogP contribution in [0.25, 0.3) is 0 Å². The molecule has 0 spiro atoms. The van der Waals surface area contributed by atoms with Crippen molar-refractivity contribution < 1.29 is 14.3 Å². The molecule has 0 unspecified atom stereocenters. The molecule has 0 aromatic heterocycles. The number of amides is 2. The minimum atomic E-state index is -0.195. The van der Waals surface area contributed by atoms with E-state index in [4.69, 9.17) is 16.3 Å². The summed E-state index contributed by atoms with van der Waals surface area (Å²) in [5, 5.41) is 6.06. The summed E-state index contributed by atoms with van der Waals surface area (Å²) in [6, 6.07) is 13.7. The molecule has 6 heteroatoms. The fraction of sp³-hybridized carbons (Fsp3) is 0.176. The summed E-state index contributed by atoms with van der Waals surface area (Å²) >= 11 is 5.79. The van der Waals surface area contributed by atoms with Gasteiger partial charge in [0.15, 0.2) is 0 Å². The van der Waals surface area contributed by atoms with Crippen molar-refractivity contribution in [1.82, 2.24) is 5.32 Å². The monoisotopic (exact) mass is 332 g/mol. The van der Waals surface area contributed by atoms with Crippen molar-refractivity contribution in [1.29, 1.82) is 0 Å². The van der Waals surface area contributed by atoms with Crippen LogP contribution in [0.2, 0.25) is 5.02 Å². The van der Waals surface area contributed by atoms with Crippen molar-refractivity contribution >= 4 is 29.1 Å². The van der Waals surface area contributed by atoms with Gasteiger partial charge in [0.05, 0.1) is 6.54 Å². The van der Waals surface area contributed by atoms with Gasteiger partial charge in [0.1, 0.15) is 12.4 Å². The summed E-state index contributed by atoms with van der Waals surface area (Å²) in [5.74, 6) is 0.351. The average molecular weight is 333 g/mol. The Bertz CT molecular complexity index is 669. The lowest BCUT2D eigenvalue weighted by Gasteiger charge is -2.08. The third-order valence-corrected chi connectivity index (χ3v) is 3.19. The van der Waals surface area contributed by atoms with Crippen LogP contribution in [0.1, 0.15) is 17.3 Å². The lowest BCUT2D eigenvalue weighted by molar-refractivity contribution is -0.114. The van der Waals surface area contributed by atoms with Gasteiger partial charge in [0, 0.05) is 23.2 Å². The van der Waals surface area contributed by atoms with Gasteiger partial charge in [-0.3, -0.25) is 9.59 Å². The molecule has 120 valence electrons. The van der Waals surface area contributed by atoms with E-state index >= 15 is 0 Å². The van der Waals surface area contributed by atoms with Crippen LogP contribution in [-0.2, 0) is 4.79 Å².